The number of amides is 2. The molecule has 2 amide bonds. The average Bonchev–Trinajstić information content (AvgIpc) is 3.70. The molecule has 9 nitrogen and oxygen atoms in total. The fraction of sp³-hybridized carbons (Fsp3) is 0.686. The minimum Gasteiger partial charge on any atom is -0.460 e. The number of nitrogens with zero attached hydrogens (tertiary/aromatic N) is 1. The van der Waals surface area contributed by atoms with Crippen LogP contribution in [0.4, 0.5) is 10.1 Å². The maximum atomic E-state index is 14.1. The quantitative estimate of drug-likeness (QED) is 0.199. The largest absolute Gasteiger partial charge is 0.460 e. The Morgan fingerprint density at radius 3 is 2.51 bits per heavy atom. The molecule has 2 aromatic rings. The Kier molecular flexibility index (Phi) is 11.9. The molecule has 0 unspecified atom stereocenters. The number of methoxy groups -OCH3 is 1. The van der Waals surface area contributed by atoms with Crippen LogP contribution in [-0.4, -0.2) is 68.3 Å². The summed E-state index contributed by atoms with van der Waals surface area (Å²) in [6.45, 7) is 1.08. The molecule has 1 aromatic heterocycles. The molecule has 3 fully saturated rings. The van der Waals surface area contributed by atoms with E-state index in [0.717, 1.165) is 51.4 Å². The summed E-state index contributed by atoms with van der Waals surface area (Å²) >= 11 is 0. The fourth-order valence-electron chi connectivity index (χ4n) is 7.87. The summed E-state index contributed by atoms with van der Waals surface area (Å²) in [6.07, 6.45) is 11.6. The number of halogens is 1. The van der Waals surface area contributed by atoms with E-state index < -0.39 is 18.7 Å². The predicted octanol–water partition coefficient (Wildman–Crippen LogP) is 6.25. The molecule has 2 aliphatic carbocycles. The Hall–Kier alpha value is -2.98. The lowest BCUT2D eigenvalue weighted by molar-refractivity contribution is -0.142. The third-order valence-corrected chi connectivity index (χ3v) is 10.4. The number of anilines is 1. The van der Waals surface area contributed by atoms with Gasteiger partial charge in [-0.1, -0.05) is 32.1 Å². The van der Waals surface area contributed by atoms with E-state index in [1.54, 1.807) is 31.4 Å². The molecule has 0 bridgehead atoms. The van der Waals surface area contributed by atoms with Gasteiger partial charge in [0.1, 0.15) is 11.6 Å². The smallest absolute Gasteiger partial charge is 0.374 e. The van der Waals surface area contributed by atoms with Crippen LogP contribution in [0.1, 0.15) is 94.0 Å². The zero-order chi connectivity index (χ0) is 31.8. The first-order valence-corrected chi connectivity index (χ1v) is 17.0. The lowest BCUT2D eigenvalue weighted by atomic mass is 9.76. The van der Waals surface area contributed by atoms with Crippen LogP contribution in [0.2, 0.25) is 0 Å². The molecule has 45 heavy (non-hydrogen) atoms. The van der Waals surface area contributed by atoms with Crippen LogP contribution < -0.4 is 11.1 Å². The molecule has 3 N–H and O–H groups in total. The van der Waals surface area contributed by atoms with Crippen molar-refractivity contribution in [2.24, 2.45) is 29.4 Å². The topological polar surface area (TPSA) is 124 Å². The number of esters is 1. The van der Waals surface area contributed by atoms with Crippen LogP contribution in [0.25, 0.3) is 11.0 Å². The number of carbonyl (C=O) groups is 3. The highest BCUT2D eigenvalue weighted by Crippen LogP contribution is 2.41. The maximum absolute atomic E-state index is 14.1. The van der Waals surface area contributed by atoms with E-state index in [2.05, 4.69) is 5.32 Å². The standard InChI is InChI=1S/C35H50FN3O6/c1-43-19-5-6-20-44-35(42)31-22-26-21-27(13-14-30(26)45-31)38-33(40)32-28(23-7-3-2-4-8-23)16-18-39(32)34(41)25-11-9-24(10-12-25)29(37)15-17-36/h13-14,21-25,28-29,32H,2-12,15-20,37H2,1H3,(H,38,40)/t24?,25?,28-,29+,32-/m0/s1. The van der Waals surface area contributed by atoms with Crippen LogP contribution >= 0.6 is 0 Å². The predicted molar refractivity (Wildman–Crippen MR) is 170 cm³/mol. The summed E-state index contributed by atoms with van der Waals surface area (Å²) in [4.78, 5) is 42.4. The van der Waals surface area contributed by atoms with Crippen LogP contribution in [0, 0.1) is 23.7 Å². The van der Waals surface area contributed by atoms with Crippen molar-refractivity contribution in [1.82, 2.24) is 4.90 Å². The number of nitrogens with one attached hydrogen (secondary N) is 1. The second kappa shape index (κ2) is 16.0. The molecular weight excluding hydrogens is 577 g/mol. The molecule has 1 aliphatic heterocycles. The maximum Gasteiger partial charge on any atom is 0.374 e. The Balaban J connectivity index is 1.26. The normalized spacial score (nSPS) is 24.9. The number of carbonyl (C=O) groups excluding carboxylic acids is 3. The Morgan fingerprint density at radius 2 is 1.78 bits per heavy atom. The number of unbranched alkanes of at least 4 members (excludes halogenated alkanes) is 1. The van der Waals surface area contributed by atoms with Gasteiger partial charge in [-0.3, -0.25) is 14.0 Å². The summed E-state index contributed by atoms with van der Waals surface area (Å²) in [5, 5.41) is 3.79. The zero-order valence-corrected chi connectivity index (χ0v) is 26.6. The fourth-order valence-corrected chi connectivity index (χ4v) is 7.87. The second-order valence-electron chi connectivity index (χ2n) is 13.3. The van der Waals surface area contributed by atoms with Gasteiger partial charge < -0.3 is 29.8 Å². The van der Waals surface area contributed by atoms with Gasteiger partial charge in [0, 0.05) is 43.3 Å². The summed E-state index contributed by atoms with van der Waals surface area (Å²) in [5.41, 5.74) is 7.32. The Bertz CT molecular complexity index is 1290. The third-order valence-electron chi connectivity index (χ3n) is 10.4. The number of likely N-dealkylation sites (tertiary alicyclic amines) is 1. The highest BCUT2D eigenvalue weighted by Gasteiger charge is 2.47. The molecule has 10 heteroatoms. The first-order chi connectivity index (χ1) is 21.9. The van der Waals surface area contributed by atoms with Crippen LogP contribution in [-0.2, 0) is 19.1 Å². The lowest BCUT2D eigenvalue weighted by Gasteiger charge is -2.37. The number of benzene rings is 1. The zero-order valence-electron chi connectivity index (χ0n) is 26.6. The molecular formula is C35H50FN3O6. The van der Waals surface area contributed by atoms with Gasteiger partial charge in [0.05, 0.1) is 13.3 Å². The van der Waals surface area contributed by atoms with Crippen LogP contribution in [0.3, 0.4) is 0 Å². The number of hydrogen-bond donors (Lipinski definition) is 2. The highest BCUT2D eigenvalue weighted by atomic mass is 19.1. The van der Waals surface area contributed by atoms with E-state index >= 15 is 0 Å². The van der Waals surface area contributed by atoms with Gasteiger partial charge in [-0.25, -0.2) is 4.79 Å². The highest BCUT2D eigenvalue weighted by molar-refractivity contribution is 6.00. The van der Waals surface area contributed by atoms with E-state index in [1.165, 1.54) is 19.3 Å². The number of alkyl halides is 1. The summed E-state index contributed by atoms with van der Waals surface area (Å²) < 4.78 is 28.9. The monoisotopic (exact) mass is 627 g/mol. The molecule has 1 aromatic carbocycles. The molecule has 5 rings (SSSR count). The van der Waals surface area contributed by atoms with Crippen molar-refractivity contribution >= 4 is 34.4 Å². The van der Waals surface area contributed by atoms with E-state index in [9.17, 15) is 18.8 Å². The molecule has 2 heterocycles. The number of hydrogen-bond acceptors (Lipinski definition) is 7. The second-order valence-corrected chi connectivity index (χ2v) is 13.3. The molecule has 0 spiro atoms. The lowest BCUT2D eigenvalue weighted by Crippen LogP contribution is -2.50. The molecule has 1 saturated heterocycles. The van der Waals surface area contributed by atoms with Gasteiger partial charge in [-0.2, -0.15) is 0 Å². The van der Waals surface area contributed by atoms with Gasteiger partial charge >= 0.3 is 5.97 Å². The minimum absolute atomic E-state index is 0.0710. The number of furan rings is 1. The number of ether oxygens (including phenoxy) is 2. The van der Waals surface area contributed by atoms with Crippen molar-refractivity contribution in [1.29, 1.82) is 0 Å². The molecule has 3 aliphatic rings. The van der Waals surface area contributed by atoms with Crippen molar-refractivity contribution in [2.45, 2.75) is 95.6 Å². The van der Waals surface area contributed by atoms with Gasteiger partial charge in [-0.15, -0.1) is 0 Å². The van der Waals surface area contributed by atoms with Crippen LogP contribution in [0.15, 0.2) is 28.7 Å². The molecule has 3 atom stereocenters. The van der Waals surface area contributed by atoms with Crippen molar-refractivity contribution in [3.05, 3.63) is 30.0 Å². The first-order valence-electron chi connectivity index (χ1n) is 17.0. The van der Waals surface area contributed by atoms with E-state index in [4.69, 9.17) is 19.6 Å². The number of nitrogens with two attached hydrogens (primary N) is 1. The van der Waals surface area contributed by atoms with E-state index in [0.29, 0.717) is 48.6 Å². The molecule has 248 valence electrons. The van der Waals surface area contributed by atoms with Crippen molar-refractivity contribution in [2.75, 3.05) is 38.9 Å². The minimum atomic E-state index is -0.525. The Morgan fingerprint density at radius 1 is 1.02 bits per heavy atom. The molecule has 0 radical (unpaired) electrons. The average molecular weight is 628 g/mol. The summed E-state index contributed by atoms with van der Waals surface area (Å²) in [6, 6.07) is 6.26. The summed E-state index contributed by atoms with van der Waals surface area (Å²) in [5.74, 6) is 0.190. The van der Waals surface area contributed by atoms with E-state index in [-0.39, 0.29) is 48.0 Å². The molecule has 2 saturated carbocycles. The number of fused-ring (bicyclic) bond motifs is 1. The van der Waals surface area contributed by atoms with Gasteiger partial charge in [-0.05, 0) is 93.4 Å². The van der Waals surface area contributed by atoms with Gasteiger partial charge in [0.2, 0.25) is 17.6 Å². The van der Waals surface area contributed by atoms with Crippen molar-refractivity contribution in [3.63, 3.8) is 0 Å². The van der Waals surface area contributed by atoms with Crippen molar-refractivity contribution in [3.8, 4) is 0 Å². The first kappa shape index (κ1) is 33.4. The van der Waals surface area contributed by atoms with Gasteiger partial charge in [0.15, 0.2) is 0 Å². The van der Waals surface area contributed by atoms with Crippen molar-refractivity contribution < 1.29 is 32.7 Å². The third kappa shape index (κ3) is 8.25. The number of rotatable bonds is 13. The van der Waals surface area contributed by atoms with Gasteiger partial charge in [0.25, 0.3) is 0 Å². The summed E-state index contributed by atoms with van der Waals surface area (Å²) in [7, 11) is 1.64. The Labute approximate surface area is 265 Å². The van der Waals surface area contributed by atoms with E-state index in [1.807, 2.05) is 4.90 Å². The van der Waals surface area contributed by atoms with Crippen LogP contribution in [0.5, 0.6) is 0 Å². The SMILES string of the molecule is COCCCCOC(=O)c1cc2cc(NC(=O)[C@@H]3[C@H](C4CCCCC4)CCN3C(=O)C3CCC([C@H](N)CCF)CC3)ccc2o1.